The second-order valence-electron chi connectivity index (χ2n) is 4.84. The molecular formula is C13H20N2O2. The van der Waals surface area contributed by atoms with Crippen LogP contribution in [0.1, 0.15) is 24.2 Å². The molecule has 1 aromatic carbocycles. The van der Waals surface area contributed by atoms with Crippen molar-refractivity contribution < 1.29 is 9.90 Å². The molecule has 0 aliphatic carbocycles. The van der Waals surface area contributed by atoms with Gasteiger partial charge in [0.25, 0.3) is 5.91 Å². The van der Waals surface area contributed by atoms with Crippen LogP contribution in [0.2, 0.25) is 0 Å². The number of aliphatic hydroxyl groups excluding tert-OH is 1. The molecule has 0 bridgehead atoms. The van der Waals surface area contributed by atoms with Crippen LogP contribution in [0.25, 0.3) is 0 Å². The summed E-state index contributed by atoms with van der Waals surface area (Å²) in [6.45, 7) is 4.72. The fourth-order valence-corrected chi connectivity index (χ4v) is 1.31. The smallest absolute Gasteiger partial charge is 0.251 e. The Morgan fingerprint density at radius 2 is 2.12 bits per heavy atom. The molecule has 0 atom stereocenters. The lowest BCUT2D eigenvalue weighted by Gasteiger charge is -2.22. The highest BCUT2D eigenvalue weighted by Crippen LogP contribution is 2.16. The van der Waals surface area contributed by atoms with Crippen LogP contribution in [0.5, 0.6) is 0 Å². The lowest BCUT2D eigenvalue weighted by Crippen LogP contribution is -2.27. The third kappa shape index (κ3) is 4.07. The third-order valence-corrected chi connectivity index (χ3v) is 2.55. The summed E-state index contributed by atoms with van der Waals surface area (Å²) in [5.74, 6) is -0.102. The molecule has 3 N–H and O–H groups in total. The summed E-state index contributed by atoms with van der Waals surface area (Å²) < 4.78 is 0. The average molecular weight is 236 g/mol. The van der Waals surface area contributed by atoms with Crippen molar-refractivity contribution in [2.45, 2.75) is 13.8 Å². The van der Waals surface area contributed by atoms with Gasteiger partial charge in [-0.1, -0.05) is 19.9 Å². The highest BCUT2D eigenvalue weighted by atomic mass is 16.3. The summed E-state index contributed by atoms with van der Waals surface area (Å²) in [5, 5.41) is 14.9. The van der Waals surface area contributed by atoms with E-state index in [4.69, 9.17) is 5.11 Å². The molecule has 0 saturated carbocycles. The lowest BCUT2D eigenvalue weighted by molar-refractivity contribution is 0.0963. The van der Waals surface area contributed by atoms with Gasteiger partial charge < -0.3 is 15.7 Å². The molecule has 0 unspecified atom stereocenters. The van der Waals surface area contributed by atoms with Gasteiger partial charge in [0.1, 0.15) is 0 Å². The van der Waals surface area contributed by atoms with Crippen molar-refractivity contribution >= 4 is 11.6 Å². The van der Waals surface area contributed by atoms with Gasteiger partial charge in [0.05, 0.1) is 0 Å². The van der Waals surface area contributed by atoms with Crippen LogP contribution < -0.4 is 10.6 Å². The molecule has 0 fully saturated rings. The number of carbonyl (C=O) groups is 1. The van der Waals surface area contributed by atoms with Gasteiger partial charge >= 0.3 is 0 Å². The summed E-state index contributed by atoms with van der Waals surface area (Å²) in [6.07, 6.45) is 0. The van der Waals surface area contributed by atoms with Crippen molar-refractivity contribution in [2.75, 3.05) is 25.5 Å². The van der Waals surface area contributed by atoms with E-state index in [2.05, 4.69) is 10.6 Å². The number of nitrogens with one attached hydrogen (secondary N) is 2. The first-order valence-corrected chi connectivity index (χ1v) is 5.65. The van der Waals surface area contributed by atoms with Crippen molar-refractivity contribution in [1.29, 1.82) is 0 Å². The Bertz CT molecular complexity index is 389. The number of benzene rings is 1. The van der Waals surface area contributed by atoms with E-state index in [0.29, 0.717) is 12.1 Å². The molecule has 0 aliphatic heterocycles. The van der Waals surface area contributed by atoms with Gasteiger partial charge in [-0.2, -0.15) is 0 Å². The Morgan fingerprint density at radius 3 is 2.71 bits per heavy atom. The van der Waals surface area contributed by atoms with Crippen LogP contribution in [0.15, 0.2) is 24.3 Å². The van der Waals surface area contributed by atoms with Crippen LogP contribution in [0, 0.1) is 5.41 Å². The highest BCUT2D eigenvalue weighted by Gasteiger charge is 2.15. The van der Waals surface area contributed by atoms with Gasteiger partial charge in [0.2, 0.25) is 0 Å². The first kappa shape index (κ1) is 13.5. The number of rotatable bonds is 5. The number of amides is 1. The van der Waals surface area contributed by atoms with Crippen molar-refractivity contribution in [1.82, 2.24) is 5.32 Å². The molecule has 0 heterocycles. The molecule has 1 rings (SSSR count). The van der Waals surface area contributed by atoms with E-state index in [1.807, 2.05) is 26.0 Å². The predicted molar refractivity (Wildman–Crippen MR) is 69.2 cm³/mol. The van der Waals surface area contributed by atoms with Crippen LogP contribution >= 0.6 is 0 Å². The minimum Gasteiger partial charge on any atom is -0.396 e. The van der Waals surface area contributed by atoms with Crippen molar-refractivity contribution in [3.05, 3.63) is 29.8 Å². The molecule has 1 amide bonds. The van der Waals surface area contributed by atoms with E-state index < -0.39 is 0 Å². The highest BCUT2D eigenvalue weighted by molar-refractivity contribution is 5.94. The number of carbonyl (C=O) groups excluding carboxylic acids is 1. The van der Waals surface area contributed by atoms with E-state index >= 15 is 0 Å². The van der Waals surface area contributed by atoms with Crippen molar-refractivity contribution in [3.63, 3.8) is 0 Å². The molecule has 0 saturated heterocycles. The number of aliphatic hydroxyl groups is 1. The molecule has 94 valence electrons. The van der Waals surface area contributed by atoms with E-state index in [9.17, 15) is 4.79 Å². The van der Waals surface area contributed by atoms with E-state index in [0.717, 1.165) is 5.69 Å². The molecule has 4 heteroatoms. The van der Waals surface area contributed by atoms with Crippen LogP contribution in [-0.4, -0.2) is 31.2 Å². The monoisotopic (exact) mass is 236 g/mol. The Labute approximate surface area is 102 Å². The number of hydrogen-bond acceptors (Lipinski definition) is 3. The molecule has 4 nitrogen and oxygen atoms in total. The molecule has 0 spiro atoms. The second-order valence-corrected chi connectivity index (χ2v) is 4.84. The van der Waals surface area contributed by atoms with Gasteiger partial charge in [-0.05, 0) is 18.2 Å². The van der Waals surface area contributed by atoms with Crippen molar-refractivity contribution in [2.24, 2.45) is 5.41 Å². The zero-order chi connectivity index (χ0) is 12.9. The second kappa shape index (κ2) is 5.68. The quantitative estimate of drug-likeness (QED) is 0.725. The SMILES string of the molecule is CNC(=O)c1cccc(NCC(C)(C)CO)c1. The summed E-state index contributed by atoms with van der Waals surface area (Å²) in [4.78, 5) is 11.4. The normalized spacial score (nSPS) is 11.1. The summed E-state index contributed by atoms with van der Waals surface area (Å²) in [5.41, 5.74) is 1.33. The maximum atomic E-state index is 11.4. The Balaban J connectivity index is 2.70. The number of anilines is 1. The van der Waals surface area contributed by atoms with E-state index in [1.54, 1.807) is 19.2 Å². The molecule has 17 heavy (non-hydrogen) atoms. The van der Waals surface area contributed by atoms with Gasteiger partial charge in [0, 0.05) is 36.9 Å². The van der Waals surface area contributed by atoms with Crippen LogP contribution in [0.3, 0.4) is 0 Å². The van der Waals surface area contributed by atoms with E-state index in [-0.39, 0.29) is 17.9 Å². The molecular weight excluding hydrogens is 216 g/mol. The summed E-state index contributed by atoms with van der Waals surface area (Å²) >= 11 is 0. The number of hydrogen-bond donors (Lipinski definition) is 3. The Hall–Kier alpha value is -1.55. The zero-order valence-electron chi connectivity index (χ0n) is 10.6. The fraction of sp³-hybridized carbons (Fsp3) is 0.462. The molecule has 1 aromatic rings. The first-order valence-electron chi connectivity index (χ1n) is 5.65. The maximum Gasteiger partial charge on any atom is 0.251 e. The van der Waals surface area contributed by atoms with E-state index in [1.165, 1.54) is 0 Å². The summed E-state index contributed by atoms with van der Waals surface area (Å²) in [7, 11) is 1.61. The van der Waals surface area contributed by atoms with Crippen molar-refractivity contribution in [3.8, 4) is 0 Å². The molecule has 0 aromatic heterocycles. The van der Waals surface area contributed by atoms with Gasteiger partial charge in [-0.25, -0.2) is 0 Å². The largest absolute Gasteiger partial charge is 0.396 e. The third-order valence-electron chi connectivity index (χ3n) is 2.55. The standard InChI is InChI=1S/C13H20N2O2/c1-13(2,9-16)8-15-11-6-4-5-10(7-11)12(17)14-3/h4-7,15-16H,8-9H2,1-3H3,(H,14,17). The van der Waals surface area contributed by atoms with Gasteiger partial charge in [-0.3, -0.25) is 4.79 Å². The minimum atomic E-state index is -0.178. The van der Waals surface area contributed by atoms with Crippen LogP contribution in [-0.2, 0) is 0 Å². The summed E-state index contributed by atoms with van der Waals surface area (Å²) in [6, 6.07) is 7.30. The Kier molecular flexibility index (Phi) is 4.52. The predicted octanol–water partition coefficient (Wildman–Crippen LogP) is 1.48. The minimum absolute atomic E-state index is 0.102. The van der Waals surface area contributed by atoms with Gasteiger partial charge in [-0.15, -0.1) is 0 Å². The topological polar surface area (TPSA) is 61.4 Å². The maximum absolute atomic E-state index is 11.4. The van der Waals surface area contributed by atoms with Crippen LogP contribution in [0.4, 0.5) is 5.69 Å². The zero-order valence-corrected chi connectivity index (χ0v) is 10.6. The first-order chi connectivity index (χ1) is 7.98. The lowest BCUT2D eigenvalue weighted by atomic mass is 9.95. The fourth-order valence-electron chi connectivity index (χ4n) is 1.31. The molecule has 0 aliphatic rings. The molecule has 0 radical (unpaired) electrons. The Morgan fingerprint density at radius 1 is 1.41 bits per heavy atom. The average Bonchev–Trinajstić information content (AvgIpc) is 2.36. The van der Waals surface area contributed by atoms with Gasteiger partial charge in [0.15, 0.2) is 0 Å².